The molecule has 0 aliphatic rings. The van der Waals surface area contributed by atoms with E-state index in [9.17, 15) is 13.2 Å². The van der Waals surface area contributed by atoms with Crippen LogP contribution in [-0.2, 0) is 9.84 Å². The molecule has 0 fully saturated rings. The molecule has 0 atom stereocenters. The van der Waals surface area contributed by atoms with Crippen molar-refractivity contribution in [3.8, 4) is 11.5 Å². The van der Waals surface area contributed by atoms with Crippen molar-refractivity contribution in [2.24, 2.45) is 0 Å². The maximum Gasteiger partial charge on any atom is 0.335 e. The first kappa shape index (κ1) is 15.1. The highest BCUT2D eigenvalue weighted by atomic mass is 32.2. The maximum atomic E-state index is 11.4. The van der Waals surface area contributed by atoms with Crippen LogP contribution in [0.3, 0.4) is 0 Å². The van der Waals surface area contributed by atoms with Crippen molar-refractivity contribution in [3.63, 3.8) is 0 Å². The molecule has 0 saturated heterocycles. The summed E-state index contributed by atoms with van der Waals surface area (Å²) in [6.07, 6.45) is 1.14. The fraction of sp³-hybridized carbons (Fsp3) is 0.133. The summed E-state index contributed by atoms with van der Waals surface area (Å²) in [5.41, 5.74) is 0.808. The number of aromatic carboxylic acids is 1. The van der Waals surface area contributed by atoms with E-state index in [1.54, 1.807) is 31.2 Å². The summed E-state index contributed by atoms with van der Waals surface area (Å²) in [6, 6.07) is 10.7. The molecule has 0 heterocycles. The van der Waals surface area contributed by atoms with Crippen LogP contribution in [0, 0.1) is 6.92 Å². The van der Waals surface area contributed by atoms with Crippen LogP contribution >= 0.6 is 0 Å². The first-order valence-corrected chi connectivity index (χ1v) is 7.98. The third-order valence-electron chi connectivity index (χ3n) is 2.92. The van der Waals surface area contributed by atoms with E-state index < -0.39 is 15.8 Å². The molecule has 0 spiro atoms. The third-order valence-corrected chi connectivity index (χ3v) is 4.04. The predicted molar refractivity (Wildman–Crippen MR) is 77.8 cm³/mol. The Hall–Kier alpha value is -2.34. The van der Waals surface area contributed by atoms with Crippen LogP contribution < -0.4 is 4.74 Å². The first-order chi connectivity index (χ1) is 9.77. The fourth-order valence-electron chi connectivity index (χ4n) is 1.83. The van der Waals surface area contributed by atoms with Crippen LogP contribution in [-0.4, -0.2) is 25.7 Å². The van der Waals surface area contributed by atoms with E-state index in [0.29, 0.717) is 17.1 Å². The van der Waals surface area contributed by atoms with Gasteiger partial charge in [0.25, 0.3) is 0 Å². The first-order valence-electron chi connectivity index (χ1n) is 6.09. The predicted octanol–water partition coefficient (Wildman–Crippen LogP) is 2.89. The molecule has 5 nitrogen and oxygen atoms in total. The van der Waals surface area contributed by atoms with Gasteiger partial charge in [-0.1, -0.05) is 0 Å². The summed E-state index contributed by atoms with van der Waals surface area (Å²) in [5.74, 6) is -0.0222. The maximum absolute atomic E-state index is 11.4. The molecule has 2 rings (SSSR count). The van der Waals surface area contributed by atoms with E-state index in [1.807, 2.05) is 0 Å². The Morgan fingerprint density at radius 2 is 1.62 bits per heavy atom. The van der Waals surface area contributed by atoms with Crippen LogP contribution in [0.15, 0.2) is 47.4 Å². The Labute approximate surface area is 122 Å². The van der Waals surface area contributed by atoms with Gasteiger partial charge >= 0.3 is 5.97 Å². The lowest BCUT2D eigenvalue weighted by molar-refractivity contribution is 0.0696. The SMILES string of the molecule is Cc1cc(Oc2ccc(S(C)(=O)=O)cc2)ccc1C(=O)O. The molecule has 0 unspecified atom stereocenters. The van der Waals surface area contributed by atoms with Gasteiger partial charge in [0.2, 0.25) is 0 Å². The summed E-state index contributed by atoms with van der Waals surface area (Å²) < 4.78 is 28.3. The number of benzene rings is 2. The van der Waals surface area contributed by atoms with Crippen molar-refractivity contribution >= 4 is 15.8 Å². The summed E-state index contributed by atoms with van der Waals surface area (Å²) in [5, 5.41) is 8.96. The van der Waals surface area contributed by atoms with Gasteiger partial charge in [0.1, 0.15) is 11.5 Å². The fourth-order valence-corrected chi connectivity index (χ4v) is 2.46. The summed E-state index contributed by atoms with van der Waals surface area (Å²) >= 11 is 0. The molecule has 6 heteroatoms. The van der Waals surface area contributed by atoms with Gasteiger partial charge in [0.15, 0.2) is 9.84 Å². The van der Waals surface area contributed by atoms with Crippen LogP contribution in [0.1, 0.15) is 15.9 Å². The second-order valence-electron chi connectivity index (χ2n) is 4.63. The standard InChI is InChI=1S/C15H14O5S/c1-10-9-12(5-8-14(10)15(16)17)20-11-3-6-13(7-4-11)21(2,18)19/h3-9H,1-2H3,(H,16,17). The van der Waals surface area contributed by atoms with Gasteiger partial charge in [0, 0.05) is 6.26 Å². The Morgan fingerprint density at radius 1 is 1.05 bits per heavy atom. The normalized spacial score (nSPS) is 11.1. The van der Waals surface area contributed by atoms with E-state index in [4.69, 9.17) is 9.84 Å². The van der Waals surface area contributed by atoms with Crippen LogP contribution in [0.2, 0.25) is 0 Å². The lowest BCUT2D eigenvalue weighted by Gasteiger charge is -2.08. The van der Waals surface area contributed by atoms with E-state index in [-0.39, 0.29) is 10.5 Å². The number of sulfone groups is 1. The van der Waals surface area contributed by atoms with Crippen LogP contribution in [0.4, 0.5) is 0 Å². The number of ether oxygens (including phenoxy) is 1. The Balaban J connectivity index is 2.23. The van der Waals surface area contributed by atoms with Crippen LogP contribution in [0.5, 0.6) is 11.5 Å². The Kier molecular flexibility index (Phi) is 3.99. The van der Waals surface area contributed by atoms with E-state index >= 15 is 0 Å². The molecule has 0 bridgehead atoms. The van der Waals surface area contributed by atoms with Gasteiger partial charge in [-0.05, 0) is 55.0 Å². The summed E-state index contributed by atoms with van der Waals surface area (Å²) in [4.78, 5) is 11.1. The van der Waals surface area contributed by atoms with Crippen molar-refractivity contribution in [1.82, 2.24) is 0 Å². The second kappa shape index (κ2) is 5.57. The quantitative estimate of drug-likeness (QED) is 0.939. The average molecular weight is 306 g/mol. The smallest absolute Gasteiger partial charge is 0.335 e. The molecule has 1 N–H and O–H groups in total. The molecular weight excluding hydrogens is 292 g/mol. The Bertz CT molecular complexity index is 776. The summed E-state index contributed by atoms with van der Waals surface area (Å²) in [7, 11) is -3.24. The highest BCUT2D eigenvalue weighted by Crippen LogP contribution is 2.25. The monoisotopic (exact) mass is 306 g/mol. The largest absolute Gasteiger partial charge is 0.478 e. The molecule has 0 aliphatic carbocycles. The van der Waals surface area contributed by atoms with Crippen molar-refractivity contribution in [3.05, 3.63) is 53.6 Å². The van der Waals surface area contributed by atoms with Gasteiger partial charge in [-0.15, -0.1) is 0 Å². The van der Waals surface area contributed by atoms with Crippen molar-refractivity contribution in [2.75, 3.05) is 6.26 Å². The van der Waals surface area contributed by atoms with Crippen molar-refractivity contribution in [2.45, 2.75) is 11.8 Å². The molecule has 0 saturated carbocycles. The highest BCUT2D eigenvalue weighted by molar-refractivity contribution is 7.90. The zero-order valence-electron chi connectivity index (χ0n) is 11.5. The number of hydrogen-bond donors (Lipinski definition) is 1. The lowest BCUT2D eigenvalue weighted by atomic mass is 10.1. The minimum absolute atomic E-state index is 0.215. The topological polar surface area (TPSA) is 80.7 Å². The van der Waals surface area contributed by atoms with Gasteiger partial charge < -0.3 is 9.84 Å². The lowest BCUT2D eigenvalue weighted by Crippen LogP contribution is -1.99. The number of carboxylic acids is 1. The zero-order chi connectivity index (χ0) is 15.6. The third kappa shape index (κ3) is 3.61. The molecule has 2 aromatic carbocycles. The Morgan fingerprint density at radius 3 is 2.10 bits per heavy atom. The average Bonchev–Trinajstić information content (AvgIpc) is 2.38. The number of carboxylic acid groups (broad SMARTS) is 1. The highest BCUT2D eigenvalue weighted by Gasteiger charge is 2.09. The number of aryl methyl sites for hydroxylation is 1. The van der Waals surface area contributed by atoms with E-state index in [1.165, 1.54) is 18.2 Å². The van der Waals surface area contributed by atoms with Gasteiger partial charge in [-0.25, -0.2) is 13.2 Å². The number of hydrogen-bond acceptors (Lipinski definition) is 4. The molecule has 2 aromatic rings. The second-order valence-corrected chi connectivity index (χ2v) is 6.64. The molecule has 0 radical (unpaired) electrons. The van der Waals surface area contributed by atoms with Gasteiger partial charge in [-0.2, -0.15) is 0 Å². The van der Waals surface area contributed by atoms with Crippen molar-refractivity contribution < 1.29 is 23.1 Å². The number of carbonyl (C=O) groups is 1. The summed E-state index contributed by atoms with van der Waals surface area (Å²) in [6.45, 7) is 1.68. The molecule has 110 valence electrons. The molecular formula is C15H14O5S. The van der Waals surface area contributed by atoms with Gasteiger partial charge in [-0.3, -0.25) is 0 Å². The van der Waals surface area contributed by atoms with E-state index in [2.05, 4.69) is 0 Å². The van der Waals surface area contributed by atoms with Crippen LogP contribution in [0.25, 0.3) is 0 Å². The van der Waals surface area contributed by atoms with Crippen molar-refractivity contribution in [1.29, 1.82) is 0 Å². The number of rotatable bonds is 4. The molecule has 0 aromatic heterocycles. The molecule has 21 heavy (non-hydrogen) atoms. The van der Waals surface area contributed by atoms with Gasteiger partial charge in [0.05, 0.1) is 10.5 Å². The minimum atomic E-state index is -3.24. The molecule has 0 amide bonds. The zero-order valence-corrected chi connectivity index (χ0v) is 12.3. The minimum Gasteiger partial charge on any atom is -0.478 e. The molecule has 0 aliphatic heterocycles. The van der Waals surface area contributed by atoms with E-state index in [0.717, 1.165) is 6.26 Å².